The van der Waals surface area contributed by atoms with Crippen molar-refractivity contribution in [3.8, 4) is 22.9 Å². The standard InChI is InChI=1S/C18H15FN4O2S.C18H16N4O2S/c1-22(2)15-12(19)8-20-17-13(15)14-16(26-17)18(24)23(9-21-14)10-4-6-11(25-3)7-5-10;1-21(2)13-8-9-19-17-14(13)15-16(25-17)18(23)22(10-20-15)11-4-6-12(24-3)7-5-11/h4-9H,1-3H3;4-10H,1-3H3. The molecule has 0 aliphatic rings. The van der Waals surface area contributed by atoms with Crippen LogP contribution in [0.25, 0.3) is 52.2 Å². The van der Waals surface area contributed by atoms with Gasteiger partial charge in [0.1, 0.15) is 48.7 Å². The van der Waals surface area contributed by atoms with E-state index >= 15 is 0 Å². The van der Waals surface area contributed by atoms with Gasteiger partial charge in [0.05, 0.1) is 59.5 Å². The fourth-order valence-electron chi connectivity index (χ4n) is 5.76. The minimum atomic E-state index is -0.441. The number of aromatic nitrogens is 6. The SMILES string of the molecule is COc1ccc(-n2cnc3c(sc4ncc(F)c(N(C)C)c43)c2=O)cc1.COc1ccc(-n2cnc3c(sc4nccc(N(C)C)c43)c2=O)cc1. The Labute approximate surface area is 298 Å². The maximum atomic E-state index is 14.3. The second-order valence-electron chi connectivity index (χ2n) is 11.7. The highest BCUT2D eigenvalue weighted by molar-refractivity contribution is 7.25. The van der Waals surface area contributed by atoms with E-state index in [1.165, 1.54) is 39.8 Å². The van der Waals surface area contributed by atoms with E-state index in [1.807, 2.05) is 49.3 Å². The number of nitrogens with zero attached hydrogens (tertiary/aromatic N) is 8. The summed E-state index contributed by atoms with van der Waals surface area (Å²) in [6, 6.07) is 16.4. The summed E-state index contributed by atoms with van der Waals surface area (Å²) < 4.78 is 28.6. The molecule has 8 rings (SSSR count). The van der Waals surface area contributed by atoms with Crippen LogP contribution in [-0.4, -0.2) is 71.5 Å². The average Bonchev–Trinajstić information content (AvgIpc) is 3.72. The largest absolute Gasteiger partial charge is 0.497 e. The molecule has 0 spiro atoms. The fraction of sp³-hybridized carbons (Fsp3) is 0.167. The molecule has 0 amide bonds. The highest BCUT2D eigenvalue weighted by Gasteiger charge is 2.20. The first-order chi connectivity index (χ1) is 24.6. The Kier molecular flexibility index (Phi) is 8.83. The van der Waals surface area contributed by atoms with Gasteiger partial charge in [-0.3, -0.25) is 18.7 Å². The van der Waals surface area contributed by atoms with Gasteiger partial charge in [0.15, 0.2) is 5.82 Å². The van der Waals surface area contributed by atoms with Crippen molar-refractivity contribution in [2.24, 2.45) is 0 Å². The Morgan fingerprint density at radius 2 is 1.14 bits per heavy atom. The second kappa shape index (κ2) is 13.4. The van der Waals surface area contributed by atoms with Gasteiger partial charge >= 0.3 is 0 Å². The average molecular weight is 723 g/mol. The third-order valence-corrected chi connectivity index (χ3v) is 10.4. The molecule has 0 aliphatic carbocycles. The van der Waals surface area contributed by atoms with E-state index in [0.717, 1.165) is 27.3 Å². The maximum absolute atomic E-state index is 14.3. The molecule has 0 saturated carbocycles. The molecule has 15 heteroatoms. The number of hydrogen-bond acceptors (Lipinski definition) is 12. The number of anilines is 2. The van der Waals surface area contributed by atoms with Crippen LogP contribution in [-0.2, 0) is 0 Å². The van der Waals surface area contributed by atoms with Gasteiger partial charge in [-0.15, -0.1) is 22.7 Å². The van der Waals surface area contributed by atoms with Crippen LogP contribution in [0.4, 0.5) is 15.8 Å². The lowest BCUT2D eigenvalue weighted by Gasteiger charge is -2.14. The molecule has 0 saturated heterocycles. The number of methoxy groups -OCH3 is 2. The van der Waals surface area contributed by atoms with E-state index in [2.05, 4.69) is 19.9 Å². The van der Waals surface area contributed by atoms with Crippen molar-refractivity contribution in [3.05, 3.63) is 106 Å². The Hall–Kier alpha value is -5.93. The second-order valence-corrected chi connectivity index (χ2v) is 13.7. The molecular formula is C36H31FN8O4S2. The summed E-state index contributed by atoms with van der Waals surface area (Å²) in [4.78, 5) is 48.6. The molecule has 0 fully saturated rings. The van der Waals surface area contributed by atoms with Crippen LogP contribution in [0.1, 0.15) is 0 Å². The zero-order valence-corrected chi connectivity index (χ0v) is 30.0. The summed E-state index contributed by atoms with van der Waals surface area (Å²) in [6.07, 6.45) is 5.97. The van der Waals surface area contributed by atoms with Crippen molar-refractivity contribution in [2.75, 3.05) is 52.2 Å². The van der Waals surface area contributed by atoms with E-state index < -0.39 is 5.82 Å². The van der Waals surface area contributed by atoms with Gasteiger partial charge in [-0.05, 0) is 54.6 Å². The number of pyridine rings is 2. The van der Waals surface area contributed by atoms with Crippen molar-refractivity contribution >= 4 is 74.9 Å². The van der Waals surface area contributed by atoms with E-state index in [1.54, 1.807) is 74.6 Å². The van der Waals surface area contributed by atoms with Crippen LogP contribution in [0.3, 0.4) is 0 Å². The summed E-state index contributed by atoms with van der Waals surface area (Å²) in [5.41, 5.74) is 3.67. The lowest BCUT2D eigenvalue weighted by atomic mass is 10.2. The molecule has 51 heavy (non-hydrogen) atoms. The van der Waals surface area contributed by atoms with Gasteiger partial charge in [0.25, 0.3) is 11.1 Å². The highest BCUT2D eigenvalue weighted by atomic mass is 32.1. The number of hydrogen-bond donors (Lipinski definition) is 0. The number of benzene rings is 2. The van der Waals surface area contributed by atoms with E-state index in [4.69, 9.17) is 9.47 Å². The molecule has 0 atom stereocenters. The first-order valence-electron chi connectivity index (χ1n) is 15.5. The minimum absolute atomic E-state index is 0.0946. The molecule has 0 radical (unpaired) electrons. The minimum Gasteiger partial charge on any atom is -0.497 e. The molecule has 6 heterocycles. The van der Waals surface area contributed by atoms with Gasteiger partial charge in [-0.2, -0.15) is 0 Å². The predicted molar refractivity (Wildman–Crippen MR) is 203 cm³/mol. The number of ether oxygens (including phenoxy) is 2. The van der Waals surface area contributed by atoms with Crippen molar-refractivity contribution < 1.29 is 13.9 Å². The van der Waals surface area contributed by atoms with E-state index in [0.29, 0.717) is 47.8 Å². The molecule has 258 valence electrons. The fourth-order valence-corrected chi connectivity index (χ4v) is 7.84. The smallest absolute Gasteiger partial charge is 0.275 e. The molecule has 0 aliphatic heterocycles. The number of rotatable bonds is 6. The van der Waals surface area contributed by atoms with Gasteiger partial charge in [0.2, 0.25) is 0 Å². The van der Waals surface area contributed by atoms with Crippen LogP contribution in [0.2, 0.25) is 0 Å². The Morgan fingerprint density at radius 1 is 0.647 bits per heavy atom. The lowest BCUT2D eigenvalue weighted by molar-refractivity contribution is 0.414. The monoisotopic (exact) mass is 722 g/mol. The van der Waals surface area contributed by atoms with Crippen LogP contribution >= 0.6 is 22.7 Å². The van der Waals surface area contributed by atoms with Gasteiger partial charge < -0.3 is 19.3 Å². The van der Waals surface area contributed by atoms with E-state index in [-0.39, 0.29) is 11.1 Å². The van der Waals surface area contributed by atoms with Crippen molar-refractivity contribution in [2.45, 2.75) is 0 Å². The van der Waals surface area contributed by atoms with Gasteiger partial charge in [0, 0.05) is 34.4 Å². The third kappa shape index (κ3) is 5.89. The first kappa shape index (κ1) is 33.6. The van der Waals surface area contributed by atoms with Crippen molar-refractivity contribution in [3.63, 3.8) is 0 Å². The molecule has 0 bridgehead atoms. The molecule has 0 N–H and O–H groups in total. The third-order valence-electron chi connectivity index (χ3n) is 8.23. The first-order valence-corrected chi connectivity index (χ1v) is 17.1. The van der Waals surface area contributed by atoms with Crippen LogP contribution < -0.4 is 30.4 Å². The van der Waals surface area contributed by atoms with Crippen molar-refractivity contribution in [1.82, 2.24) is 29.1 Å². The molecule has 12 nitrogen and oxygen atoms in total. The summed E-state index contributed by atoms with van der Waals surface area (Å²) in [6.45, 7) is 0. The van der Waals surface area contributed by atoms with Crippen LogP contribution in [0.15, 0.2) is 89.2 Å². The molecule has 6 aromatic heterocycles. The molecule has 2 aromatic carbocycles. The maximum Gasteiger partial charge on any atom is 0.275 e. The molecular weight excluding hydrogens is 692 g/mol. The number of halogens is 1. The van der Waals surface area contributed by atoms with Crippen LogP contribution in [0, 0.1) is 5.82 Å². The Bertz CT molecular complexity index is 2690. The quantitative estimate of drug-likeness (QED) is 0.194. The zero-order chi connectivity index (χ0) is 36.0. The number of thiophene rings is 2. The van der Waals surface area contributed by atoms with Gasteiger partial charge in [-0.25, -0.2) is 24.3 Å². The molecule has 8 aromatic rings. The van der Waals surface area contributed by atoms with Gasteiger partial charge in [-0.1, -0.05) is 0 Å². The van der Waals surface area contributed by atoms with E-state index in [9.17, 15) is 14.0 Å². The highest BCUT2D eigenvalue weighted by Crippen LogP contribution is 2.37. The summed E-state index contributed by atoms with van der Waals surface area (Å²) >= 11 is 2.60. The number of fused-ring (bicyclic) bond motifs is 6. The normalized spacial score (nSPS) is 11.2. The topological polar surface area (TPSA) is 120 Å². The van der Waals surface area contributed by atoms with Crippen LogP contribution in [0.5, 0.6) is 11.5 Å². The molecule has 0 unspecified atom stereocenters. The Balaban J connectivity index is 0.000000159. The predicted octanol–water partition coefficient (Wildman–Crippen LogP) is 6.28. The Morgan fingerprint density at radius 3 is 1.61 bits per heavy atom. The summed E-state index contributed by atoms with van der Waals surface area (Å²) in [7, 11) is 10.6. The zero-order valence-electron chi connectivity index (χ0n) is 28.4. The van der Waals surface area contributed by atoms with Crippen molar-refractivity contribution in [1.29, 1.82) is 0 Å². The lowest BCUT2D eigenvalue weighted by Crippen LogP contribution is -2.17. The summed E-state index contributed by atoms with van der Waals surface area (Å²) in [5.74, 6) is 1.00. The summed E-state index contributed by atoms with van der Waals surface area (Å²) in [5, 5.41) is 1.49.